The van der Waals surface area contributed by atoms with Crippen molar-refractivity contribution in [2.75, 3.05) is 59.8 Å². The van der Waals surface area contributed by atoms with E-state index in [0.29, 0.717) is 34.6 Å². The molecule has 1 aliphatic heterocycles. The highest BCUT2D eigenvalue weighted by molar-refractivity contribution is 7.92. The Morgan fingerprint density at radius 2 is 1.79 bits per heavy atom. The number of benzene rings is 2. The van der Waals surface area contributed by atoms with E-state index in [1.165, 1.54) is 6.20 Å². The summed E-state index contributed by atoms with van der Waals surface area (Å²) in [6.07, 6.45) is 2.55. The number of anilines is 6. The minimum atomic E-state index is -3.46. The van der Waals surface area contributed by atoms with Crippen molar-refractivity contribution in [2.24, 2.45) is 0 Å². The molecule has 1 fully saturated rings. The largest absolute Gasteiger partial charge is 0.494 e. The second-order valence-corrected chi connectivity index (χ2v) is 9.84. The monoisotopic (exact) mass is 503 g/mol. The van der Waals surface area contributed by atoms with Crippen LogP contribution in [0, 0.1) is 0 Å². The zero-order chi connectivity index (χ0) is 24.1. The summed E-state index contributed by atoms with van der Waals surface area (Å²) in [6, 6.07) is 12.8. The summed E-state index contributed by atoms with van der Waals surface area (Å²) in [7, 11) is -1.84. The van der Waals surface area contributed by atoms with Crippen LogP contribution < -0.4 is 30.3 Å². The first kappa shape index (κ1) is 23.9. The maximum Gasteiger partial charge on any atom is 0.229 e. The Bertz CT molecular complexity index is 1270. The van der Waals surface area contributed by atoms with Crippen LogP contribution in [-0.2, 0) is 10.0 Å². The smallest absolute Gasteiger partial charge is 0.229 e. The minimum Gasteiger partial charge on any atom is -0.494 e. The van der Waals surface area contributed by atoms with Gasteiger partial charge in [0.15, 0.2) is 5.82 Å². The molecule has 12 heteroatoms. The van der Waals surface area contributed by atoms with Gasteiger partial charge in [0.2, 0.25) is 16.0 Å². The number of nitrogens with one attached hydrogen (secondary N) is 4. The van der Waals surface area contributed by atoms with Gasteiger partial charge in [0.25, 0.3) is 0 Å². The SMILES string of the molecule is COc1cc(N2CCNCC2)ccc1Nc1ncc(Cl)c(Nc2ccccc2NS(C)(=O)=O)n1. The molecule has 1 saturated heterocycles. The van der Waals surface area contributed by atoms with Crippen molar-refractivity contribution < 1.29 is 13.2 Å². The Labute approximate surface area is 203 Å². The number of nitrogens with zero attached hydrogens (tertiary/aromatic N) is 3. The van der Waals surface area contributed by atoms with Crippen LogP contribution in [0.2, 0.25) is 5.02 Å². The molecule has 2 heterocycles. The predicted molar refractivity (Wildman–Crippen MR) is 137 cm³/mol. The standard InChI is InChI=1S/C22H26ClN7O3S/c1-33-20-13-15(30-11-9-24-10-12-30)7-8-19(20)27-22-25-14-16(23)21(28-22)26-17-5-3-4-6-18(17)29-34(2,31)32/h3-8,13-14,24,29H,9-12H2,1-2H3,(H2,25,26,27,28). The molecule has 0 aliphatic carbocycles. The zero-order valence-electron chi connectivity index (χ0n) is 18.8. The number of ether oxygens (including phenoxy) is 1. The average molecular weight is 504 g/mol. The molecule has 0 saturated carbocycles. The van der Waals surface area contributed by atoms with E-state index < -0.39 is 10.0 Å². The third-order valence-electron chi connectivity index (χ3n) is 5.13. The van der Waals surface area contributed by atoms with E-state index >= 15 is 0 Å². The lowest BCUT2D eigenvalue weighted by atomic mass is 10.2. The van der Waals surface area contributed by atoms with Gasteiger partial charge in [-0.15, -0.1) is 0 Å². The summed E-state index contributed by atoms with van der Waals surface area (Å²) in [4.78, 5) is 11.0. The van der Waals surface area contributed by atoms with Gasteiger partial charge < -0.3 is 25.6 Å². The van der Waals surface area contributed by atoms with E-state index in [4.69, 9.17) is 16.3 Å². The van der Waals surface area contributed by atoms with E-state index in [1.54, 1.807) is 31.4 Å². The number of aromatic nitrogens is 2. The number of hydrogen-bond donors (Lipinski definition) is 4. The number of hydrogen-bond acceptors (Lipinski definition) is 9. The fourth-order valence-electron chi connectivity index (χ4n) is 3.55. The molecule has 2 aromatic carbocycles. The number of para-hydroxylation sites is 2. The van der Waals surface area contributed by atoms with Crippen LogP contribution in [0.5, 0.6) is 5.75 Å². The lowest BCUT2D eigenvalue weighted by molar-refractivity contribution is 0.416. The van der Waals surface area contributed by atoms with Crippen LogP contribution in [0.25, 0.3) is 0 Å². The molecule has 4 N–H and O–H groups in total. The maximum atomic E-state index is 11.7. The highest BCUT2D eigenvalue weighted by Gasteiger charge is 2.15. The van der Waals surface area contributed by atoms with Crippen molar-refractivity contribution in [2.45, 2.75) is 0 Å². The molecule has 0 radical (unpaired) electrons. The second kappa shape index (κ2) is 10.3. The van der Waals surface area contributed by atoms with Crippen molar-refractivity contribution in [3.05, 3.63) is 53.7 Å². The molecule has 3 aromatic rings. The summed E-state index contributed by atoms with van der Waals surface area (Å²) in [5.74, 6) is 1.28. The van der Waals surface area contributed by atoms with E-state index in [2.05, 4.69) is 35.5 Å². The van der Waals surface area contributed by atoms with E-state index in [-0.39, 0.29) is 5.02 Å². The van der Waals surface area contributed by atoms with Crippen molar-refractivity contribution >= 4 is 56.1 Å². The number of sulfonamides is 1. The van der Waals surface area contributed by atoms with Gasteiger partial charge >= 0.3 is 0 Å². The van der Waals surface area contributed by atoms with Gasteiger partial charge in [-0.05, 0) is 24.3 Å². The third kappa shape index (κ3) is 5.99. The molecule has 4 rings (SSSR count). The summed E-state index contributed by atoms with van der Waals surface area (Å²) in [5, 5.41) is 9.87. The van der Waals surface area contributed by atoms with E-state index in [1.807, 2.05) is 18.2 Å². The number of halogens is 1. The van der Waals surface area contributed by atoms with Gasteiger partial charge in [0, 0.05) is 37.9 Å². The molecule has 0 amide bonds. The van der Waals surface area contributed by atoms with E-state index in [9.17, 15) is 8.42 Å². The molecule has 180 valence electrons. The summed E-state index contributed by atoms with van der Waals surface area (Å²) in [5.41, 5.74) is 2.66. The third-order valence-corrected chi connectivity index (χ3v) is 6.00. The lowest BCUT2D eigenvalue weighted by Crippen LogP contribution is -2.43. The Hall–Kier alpha value is -3.28. The highest BCUT2D eigenvalue weighted by atomic mass is 35.5. The fourth-order valence-corrected chi connectivity index (χ4v) is 4.26. The molecular weight excluding hydrogens is 478 g/mol. The molecular formula is C22H26ClN7O3S. The molecule has 0 spiro atoms. The number of rotatable bonds is 8. The van der Waals surface area contributed by atoms with Gasteiger partial charge in [0.1, 0.15) is 10.8 Å². The van der Waals surface area contributed by atoms with Crippen LogP contribution in [0.4, 0.5) is 34.5 Å². The molecule has 34 heavy (non-hydrogen) atoms. The minimum absolute atomic E-state index is 0.278. The molecule has 1 aromatic heterocycles. The van der Waals surface area contributed by atoms with Crippen LogP contribution in [0.3, 0.4) is 0 Å². The summed E-state index contributed by atoms with van der Waals surface area (Å²) >= 11 is 6.31. The van der Waals surface area contributed by atoms with Crippen molar-refractivity contribution in [1.29, 1.82) is 0 Å². The normalized spacial score (nSPS) is 13.9. The second-order valence-electron chi connectivity index (χ2n) is 7.68. The summed E-state index contributed by atoms with van der Waals surface area (Å²) < 4.78 is 31.5. The quantitative estimate of drug-likeness (QED) is 0.366. The van der Waals surface area contributed by atoms with Crippen molar-refractivity contribution in [3.8, 4) is 5.75 Å². The lowest BCUT2D eigenvalue weighted by Gasteiger charge is -2.30. The zero-order valence-corrected chi connectivity index (χ0v) is 20.4. The number of piperazine rings is 1. The average Bonchev–Trinajstić information content (AvgIpc) is 2.82. The van der Waals surface area contributed by atoms with Gasteiger partial charge in [-0.1, -0.05) is 23.7 Å². The van der Waals surface area contributed by atoms with Crippen LogP contribution in [0.1, 0.15) is 0 Å². The van der Waals surface area contributed by atoms with Gasteiger partial charge in [-0.25, -0.2) is 13.4 Å². The van der Waals surface area contributed by atoms with Gasteiger partial charge in [-0.2, -0.15) is 4.98 Å². The van der Waals surface area contributed by atoms with Gasteiger partial charge in [0.05, 0.1) is 36.6 Å². The highest BCUT2D eigenvalue weighted by Crippen LogP contribution is 2.33. The topological polar surface area (TPSA) is 121 Å². The summed E-state index contributed by atoms with van der Waals surface area (Å²) in [6.45, 7) is 3.75. The molecule has 0 unspecified atom stereocenters. The first-order valence-corrected chi connectivity index (χ1v) is 12.9. The molecule has 1 aliphatic rings. The van der Waals surface area contributed by atoms with Crippen molar-refractivity contribution in [1.82, 2.24) is 15.3 Å². The first-order chi connectivity index (χ1) is 16.3. The fraction of sp³-hybridized carbons (Fsp3) is 0.273. The Kier molecular flexibility index (Phi) is 7.25. The molecule has 0 atom stereocenters. The maximum absolute atomic E-state index is 11.7. The van der Waals surface area contributed by atoms with Crippen LogP contribution >= 0.6 is 11.6 Å². The van der Waals surface area contributed by atoms with Crippen LogP contribution in [-0.4, -0.2) is 57.9 Å². The Balaban J connectivity index is 1.56. The van der Waals surface area contributed by atoms with Gasteiger partial charge in [-0.3, -0.25) is 4.72 Å². The Morgan fingerprint density at radius 3 is 2.50 bits per heavy atom. The Morgan fingerprint density at radius 1 is 1.06 bits per heavy atom. The predicted octanol–water partition coefficient (Wildman–Crippen LogP) is 3.41. The van der Waals surface area contributed by atoms with Crippen molar-refractivity contribution in [3.63, 3.8) is 0 Å². The molecule has 10 nitrogen and oxygen atoms in total. The van der Waals surface area contributed by atoms with Crippen LogP contribution in [0.15, 0.2) is 48.7 Å². The van der Waals surface area contributed by atoms with E-state index in [0.717, 1.165) is 38.1 Å². The first-order valence-electron chi connectivity index (χ1n) is 10.6. The number of methoxy groups -OCH3 is 1. The molecule has 0 bridgehead atoms.